The number of rotatable bonds is 1. The minimum absolute atomic E-state index is 0.362. The van der Waals surface area contributed by atoms with Gasteiger partial charge in [-0.05, 0) is 12.1 Å². The fourth-order valence-corrected chi connectivity index (χ4v) is 1.23. The van der Waals surface area contributed by atoms with Crippen molar-refractivity contribution in [2.24, 2.45) is 4.99 Å². The van der Waals surface area contributed by atoms with Crippen LogP contribution >= 0.6 is 0 Å². The molecule has 5 nitrogen and oxygen atoms in total. The van der Waals surface area contributed by atoms with Crippen molar-refractivity contribution >= 4 is 23.3 Å². The maximum atomic E-state index is 5.42. The van der Waals surface area contributed by atoms with Crippen molar-refractivity contribution in [2.75, 3.05) is 0 Å². The van der Waals surface area contributed by atoms with Crippen molar-refractivity contribution in [2.45, 2.75) is 0 Å². The molecule has 0 unspecified atom stereocenters. The molecule has 0 atom stereocenters. The van der Waals surface area contributed by atoms with Crippen LogP contribution in [0.2, 0.25) is 0 Å². The lowest BCUT2D eigenvalue weighted by atomic mass is 10.3. The number of hydrogen-bond donors (Lipinski definition) is 0. The fraction of sp³-hybridized carbons (Fsp3) is 0. The van der Waals surface area contributed by atoms with Crippen LogP contribution in [0.15, 0.2) is 33.7 Å². The molecule has 0 aliphatic carbocycles. The Balaban J connectivity index is 2.19. The number of oxazole rings is 1. The van der Waals surface area contributed by atoms with E-state index in [1.165, 1.54) is 6.40 Å². The van der Waals surface area contributed by atoms with Crippen molar-refractivity contribution in [1.29, 1.82) is 0 Å². The molecule has 0 saturated heterocycles. The van der Waals surface area contributed by atoms with Gasteiger partial charge in [0.2, 0.25) is 0 Å². The van der Waals surface area contributed by atoms with Crippen LogP contribution in [0.25, 0.3) is 11.1 Å². The number of aromatic nitrogens is 1. The Kier molecular flexibility index (Phi) is 1.38. The SMILES string of the molecule is C1=NC(c2nc3ccccc3o2)=[N+]O1. The zero-order chi connectivity index (χ0) is 9.38. The smallest absolute Gasteiger partial charge is 0.430 e. The molecule has 1 aromatic heterocycles. The molecule has 2 heterocycles. The minimum atomic E-state index is 0.362. The van der Waals surface area contributed by atoms with Gasteiger partial charge in [0, 0.05) is 4.99 Å². The third-order valence-electron chi connectivity index (χ3n) is 1.85. The van der Waals surface area contributed by atoms with E-state index in [1.54, 1.807) is 0 Å². The third kappa shape index (κ3) is 0.990. The number of benzene rings is 1. The van der Waals surface area contributed by atoms with E-state index in [9.17, 15) is 0 Å². The van der Waals surface area contributed by atoms with Gasteiger partial charge in [-0.2, -0.15) is 0 Å². The molecule has 0 amide bonds. The zero-order valence-electron chi connectivity index (χ0n) is 7.04. The first-order valence-electron chi connectivity index (χ1n) is 4.06. The molecule has 5 heteroatoms. The number of oxime groups is 1. The predicted molar refractivity (Wildman–Crippen MR) is 49.8 cm³/mol. The number of para-hydroxylation sites is 2. The number of aliphatic imine (C=N–C) groups is 1. The molecule has 2 aromatic rings. The molecule has 1 aromatic carbocycles. The third-order valence-corrected chi connectivity index (χ3v) is 1.85. The Morgan fingerprint density at radius 1 is 1.21 bits per heavy atom. The number of fused-ring (bicyclic) bond motifs is 1. The lowest BCUT2D eigenvalue weighted by molar-refractivity contribution is 0.291. The van der Waals surface area contributed by atoms with E-state index < -0.39 is 0 Å². The van der Waals surface area contributed by atoms with E-state index in [0.29, 0.717) is 17.3 Å². The first-order chi connectivity index (χ1) is 6.93. The largest absolute Gasteiger partial charge is 0.476 e. The molecule has 14 heavy (non-hydrogen) atoms. The number of nitrogens with zero attached hydrogens (tertiary/aromatic N) is 3. The van der Waals surface area contributed by atoms with Gasteiger partial charge in [-0.15, -0.1) is 0 Å². The second-order valence-electron chi connectivity index (χ2n) is 2.74. The number of hydrogen-bond acceptors (Lipinski definition) is 5. The van der Waals surface area contributed by atoms with Crippen LogP contribution in [0.4, 0.5) is 0 Å². The summed E-state index contributed by atoms with van der Waals surface area (Å²) in [7, 11) is 0. The summed E-state index contributed by atoms with van der Waals surface area (Å²) in [6, 6.07) is 7.48. The molecular weight excluding hydrogens is 182 g/mol. The van der Waals surface area contributed by atoms with Crippen molar-refractivity contribution in [3.8, 4) is 0 Å². The topological polar surface area (TPSA) is 61.7 Å². The van der Waals surface area contributed by atoms with Crippen LogP contribution in [-0.2, 0) is 4.84 Å². The molecule has 1 radical (unpaired) electrons. The molecule has 0 N–H and O–H groups in total. The molecule has 3 rings (SSSR count). The highest BCUT2D eigenvalue weighted by atomic mass is 16.6. The van der Waals surface area contributed by atoms with Crippen LogP contribution in [-0.4, -0.2) is 17.2 Å². The Bertz CT molecular complexity index is 509. The van der Waals surface area contributed by atoms with Crippen molar-refractivity contribution < 1.29 is 9.25 Å². The van der Waals surface area contributed by atoms with Gasteiger partial charge < -0.3 is 4.42 Å². The molecule has 0 saturated carbocycles. The normalized spacial score (nSPS) is 14.4. The summed E-state index contributed by atoms with van der Waals surface area (Å²) in [6.45, 7) is 0. The average molecular weight is 187 g/mol. The van der Waals surface area contributed by atoms with E-state index in [4.69, 9.17) is 4.42 Å². The summed E-state index contributed by atoms with van der Waals surface area (Å²) in [6.07, 6.45) is 1.24. The van der Waals surface area contributed by atoms with Gasteiger partial charge in [-0.25, -0.2) is 9.82 Å². The van der Waals surface area contributed by atoms with E-state index in [0.717, 1.165) is 5.52 Å². The Hall–Kier alpha value is -2.17. The molecule has 1 aliphatic heterocycles. The van der Waals surface area contributed by atoms with E-state index >= 15 is 0 Å². The van der Waals surface area contributed by atoms with Crippen LogP contribution in [0.3, 0.4) is 0 Å². The monoisotopic (exact) mass is 187 g/mol. The van der Waals surface area contributed by atoms with Gasteiger partial charge in [0.1, 0.15) is 5.52 Å². The fourth-order valence-electron chi connectivity index (χ4n) is 1.23. The summed E-state index contributed by atoms with van der Waals surface area (Å²) in [4.78, 5) is 12.7. The lowest BCUT2D eigenvalue weighted by Crippen LogP contribution is -2.00. The van der Waals surface area contributed by atoms with Crippen LogP contribution in [0, 0.1) is 0 Å². The molecule has 0 bridgehead atoms. The van der Waals surface area contributed by atoms with E-state index in [2.05, 4.69) is 20.0 Å². The average Bonchev–Trinajstić information content (AvgIpc) is 2.86. The summed E-state index contributed by atoms with van der Waals surface area (Å²) < 4.78 is 5.42. The Morgan fingerprint density at radius 3 is 2.93 bits per heavy atom. The van der Waals surface area contributed by atoms with Gasteiger partial charge in [0.25, 0.3) is 0 Å². The van der Waals surface area contributed by atoms with Crippen molar-refractivity contribution in [3.63, 3.8) is 0 Å². The zero-order valence-corrected chi connectivity index (χ0v) is 7.04. The Labute approximate surface area is 78.7 Å². The maximum Gasteiger partial charge on any atom is 0.476 e. The van der Waals surface area contributed by atoms with Gasteiger partial charge >= 0.3 is 18.1 Å². The van der Waals surface area contributed by atoms with Crippen molar-refractivity contribution in [3.05, 3.63) is 30.2 Å². The van der Waals surface area contributed by atoms with Gasteiger partial charge in [0.15, 0.2) is 10.7 Å². The van der Waals surface area contributed by atoms with Crippen LogP contribution in [0.1, 0.15) is 5.89 Å². The molecule has 0 fully saturated rings. The first-order valence-corrected chi connectivity index (χ1v) is 4.06. The summed E-state index contributed by atoms with van der Waals surface area (Å²) in [5, 5.41) is 3.64. The summed E-state index contributed by atoms with van der Waals surface area (Å²) in [5.41, 5.74) is 1.50. The highest BCUT2D eigenvalue weighted by Crippen LogP contribution is 2.15. The van der Waals surface area contributed by atoms with Gasteiger partial charge in [0.05, 0.1) is 0 Å². The maximum absolute atomic E-state index is 5.42. The molecule has 1 aliphatic rings. The minimum Gasteiger partial charge on any atom is -0.430 e. The quantitative estimate of drug-likeness (QED) is 0.665. The summed E-state index contributed by atoms with van der Waals surface area (Å²) in [5.74, 6) is 0.737. The van der Waals surface area contributed by atoms with Crippen LogP contribution < -0.4 is 5.16 Å². The number of amidine groups is 1. The Morgan fingerprint density at radius 2 is 2.14 bits per heavy atom. The first kappa shape index (κ1) is 7.25. The van der Waals surface area contributed by atoms with Gasteiger partial charge in [-0.1, -0.05) is 12.1 Å². The molecule has 0 spiro atoms. The van der Waals surface area contributed by atoms with Crippen LogP contribution in [0.5, 0.6) is 0 Å². The highest BCUT2D eigenvalue weighted by molar-refractivity contribution is 6.00. The standard InChI is InChI=1S/C9H5N3O2/c1-2-4-7-6(3-1)11-9(14-7)8-10-5-13-12-8/h1-5H/q+1. The summed E-state index contributed by atoms with van der Waals surface area (Å²) >= 11 is 0. The van der Waals surface area contributed by atoms with Gasteiger partial charge in [-0.3, -0.25) is 0 Å². The van der Waals surface area contributed by atoms with E-state index in [1.807, 2.05) is 24.3 Å². The second-order valence-corrected chi connectivity index (χ2v) is 2.74. The molecule has 67 valence electrons. The highest BCUT2D eigenvalue weighted by Gasteiger charge is 2.26. The lowest BCUT2D eigenvalue weighted by Gasteiger charge is -1.79. The van der Waals surface area contributed by atoms with Crippen molar-refractivity contribution in [1.82, 2.24) is 10.1 Å². The second kappa shape index (κ2) is 2.66. The van der Waals surface area contributed by atoms with E-state index in [-0.39, 0.29) is 0 Å². The predicted octanol–water partition coefficient (Wildman–Crippen LogP) is 0.884. The molecular formula is C9H5N3O2+.